The third-order valence-electron chi connectivity index (χ3n) is 7.98. The van der Waals surface area contributed by atoms with Gasteiger partial charge in [-0.1, -0.05) is 66.7 Å². The van der Waals surface area contributed by atoms with Crippen LogP contribution in [0.1, 0.15) is 62.4 Å². The Bertz CT molecular complexity index is 1430. The van der Waals surface area contributed by atoms with E-state index in [0.717, 1.165) is 22.3 Å². The van der Waals surface area contributed by atoms with Crippen LogP contribution in [-0.4, -0.2) is 66.6 Å². The first-order valence-corrected chi connectivity index (χ1v) is 15.6. The molecule has 9 heteroatoms. The van der Waals surface area contributed by atoms with E-state index in [-0.39, 0.29) is 36.9 Å². The minimum absolute atomic E-state index is 0.103. The summed E-state index contributed by atoms with van der Waals surface area (Å²) < 4.78 is 37.8. The highest BCUT2D eigenvalue weighted by Crippen LogP contribution is 2.36. The van der Waals surface area contributed by atoms with E-state index in [1.807, 2.05) is 60.4 Å². The molecule has 0 bridgehead atoms. The van der Waals surface area contributed by atoms with Crippen LogP contribution in [0, 0.1) is 5.82 Å². The van der Waals surface area contributed by atoms with Crippen LogP contribution in [0.5, 0.6) is 0 Å². The van der Waals surface area contributed by atoms with Crippen LogP contribution >= 0.6 is 0 Å². The van der Waals surface area contributed by atoms with Crippen molar-refractivity contribution < 1.29 is 32.9 Å². The monoisotopic (exact) mass is 618 g/mol. The number of nitrogens with zero attached hydrogens (tertiary/aromatic N) is 1. The number of amides is 2. The van der Waals surface area contributed by atoms with Gasteiger partial charge in [-0.05, 0) is 68.5 Å². The van der Waals surface area contributed by atoms with E-state index in [1.165, 1.54) is 12.1 Å². The normalized spacial score (nSPS) is 22.3. The minimum Gasteiger partial charge on any atom is -0.444 e. The molecule has 0 saturated carbocycles. The Labute approximate surface area is 264 Å². The van der Waals surface area contributed by atoms with E-state index >= 15 is 0 Å². The summed E-state index contributed by atoms with van der Waals surface area (Å²) in [6.07, 6.45) is -1.32. The predicted molar refractivity (Wildman–Crippen MR) is 168 cm³/mol. The van der Waals surface area contributed by atoms with Crippen molar-refractivity contribution >= 4 is 12.0 Å². The molecule has 0 radical (unpaired) electrons. The molecule has 5 rings (SSSR count). The number of carbonyl (C=O) groups is 2. The number of hydrogen-bond donors (Lipinski definition) is 1. The van der Waals surface area contributed by atoms with Crippen molar-refractivity contribution in [2.75, 3.05) is 19.8 Å². The van der Waals surface area contributed by atoms with Crippen molar-refractivity contribution in [3.8, 4) is 0 Å². The van der Waals surface area contributed by atoms with Crippen LogP contribution in [0.25, 0.3) is 0 Å². The van der Waals surface area contributed by atoms with Gasteiger partial charge in [0.2, 0.25) is 0 Å². The molecule has 1 N–H and O–H groups in total. The zero-order valence-electron chi connectivity index (χ0n) is 26.4. The summed E-state index contributed by atoms with van der Waals surface area (Å²) in [5, 5.41) is 2.95. The van der Waals surface area contributed by atoms with E-state index in [2.05, 4.69) is 11.4 Å². The number of carbonyl (C=O) groups excluding carboxylic acids is 2. The molecule has 0 aliphatic carbocycles. The molecule has 0 unspecified atom stereocenters. The Morgan fingerprint density at radius 1 is 1.02 bits per heavy atom. The van der Waals surface area contributed by atoms with Gasteiger partial charge in [-0.25, -0.2) is 9.18 Å². The summed E-state index contributed by atoms with van der Waals surface area (Å²) in [5.41, 5.74) is 3.36. The van der Waals surface area contributed by atoms with Gasteiger partial charge in [0.25, 0.3) is 5.91 Å². The van der Waals surface area contributed by atoms with Gasteiger partial charge in [-0.3, -0.25) is 4.79 Å². The molecule has 8 nitrogen and oxygen atoms in total. The Morgan fingerprint density at radius 3 is 2.47 bits per heavy atom. The largest absolute Gasteiger partial charge is 0.444 e. The minimum atomic E-state index is -0.817. The molecule has 2 heterocycles. The highest BCUT2D eigenvalue weighted by atomic mass is 19.1. The molecule has 0 spiro atoms. The lowest BCUT2D eigenvalue weighted by Gasteiger charge is -2.42. The van der Waals surface area contributed by atoms with Crippen LogP contribution in [0.15, 0.2) is 78.9 Å². The first-order chi connectivity index (χ1) is 21.6. The van der Waals surface area contributed by atoms with E-state index in [1.54, 1.807) is 32.9 Å². The predicted octanol–water partition coefficient (Wildman–Crippen LogP) is 5.97. The summed E-state index contributed by atoms with van der Waals surface area (Å²) in [6, 6.07) is 23.3. The molecule has 1 fully saturated rings. The third kappa shape index (κ3) is 8.69. The Balaban J connectivity index is 1.30. The lowest BCUT2D eigenvalue weighted by molar-refractivity contribution is -0.165. The third-order valence-corrected chi connectivity index (χ3v) is 7.98. The summed E-state index contributed by atoms with van der Waals surface area (Å²) >= 11 is 0. The molecule has 2 aliphatic heterocycles. The van der Waals surface area contributed by atoms with Crippen molar-refractivity contribution in [2.24, 2.45) is 0 Å². The number of nitrogens with one attached hydrogen (secondary N) is 1. The molecule has 2 amide bonds. The second kappa shape index (κ2) is 14.5. The lowest BCUT2D eigenvalue weighted by Crippen LogP contribution is -2.57. The van der Waals surface area contributed by atoms with Gasteiger partial charge < -0.3 is 29.2 Å². The van der Waals surface area contributed by atoms with E-state index in [9.17, 15) is 14.0 Å². The van der Waals surface area contributed by atoms with Crippen LogP contribution in [0.3, 0.4) is 0 Å². The number of fused-ring (bicyclic) bond motifs is 1. The van der Waals surface area contributed by atoms with Crippen molar-refractivity contribution in [1.29, 1.82) is 0 Å². The molecule has 2 aliphatic rings. The topological polar surface area (TPSA) is 86.3 Å². The number of rotatable bonds is 9. The Kier molecular flexibility index (Phi) is 10.5. The number of benzene rings is 3. The Morgan fingerprint density at radius 2 is 1.73 bits per heavy atom. The first-order valence-electron chi connectivity index (χ1n) is 15.6. The van der Waals surface area contributed by atoms with Crippen molar-refractivity contribution in [3.63, 3.8) is 0 Å². The SMILES string of the molecule is C[C@@H](COCc1ccccc1)O[C@H]1CO[C@@H](C(=O)N2CCc3ccccc3[C@@H]2c2ccc(F)cc2)C[C@@H]1NC(=O)OC(C)(C)C. The summed E-state index contributed by atoms with van der Waals surface area (Å²) in [5.74, 6) is -0.523. The maximum atomic E-state index is 14.2. The number of hydrogen-bond acceptors (Lipinski definition) is 6. The summed E-state index contributed by atoms with van der Waals surface area (Å²) in [6.45, 7) is 8.69. The van der Waals surface area contributed by atoms with Gasteiger partial charge in [0.15, 0.2) is 0 Å². The maximum absolute atomic E-state index is 14.2. The highest BCUT2D eigenvalue weighted by Gasteiger charge is 2.42. The number of halogens is 1. The molecule has 5 atom stereocenters. The van der Waals surface area contributed by atoms with Gasteiger partial charge in [0, 0.05) is 13.0 Å². The fourth-order valence-corrected chi connectivity index (χ4v) is 5.94. The Hall–Kier alpha value is -3.79. The maximum Gasteiger partial charge on any atom is 0.407 e. The fourth-order valence-electron chi connectivity index (χ4n) is 5.94. The van der Waals surface area contributed by atoms with Gasteiger partial charge in [0.1, 0.15) is 23.6 Å². The lowest BCUT2D eigenvalue weighted by atomic mass is 9.87. The highest BCUT2D eigenvalue weighted by molar-refractivity contribution is 5.82. The van der Waals surface area contributed by atoms with Crippen molar-refractivity contribution in [1.82, 2.24) is 10.2 Å². The summed E-state index contributed by atoms with van der Waals surface area (Å²) in [4.78, 5) is 28.9. The fraction of sp³-hybridized carbons (Fsp3) is 0.444. The number of ether oxygens (including phenoxy) is 4. The van der Waals surface area contributed by atoms with Gasteiger partial charge in [-0.2, -0.15) is 0 Å². The zero-order chi connectivity index (χ0) is 32.0. The second-order valence-corrected chi connectivity index (χ2v) is 12.7. The van der Waals surface area contributed by atoms with Crippen LogP contribution in [-0.2, 0) is 36.8 Å². The molecule has 45 heavy (non-hydrogen) atoms. The van der Waals surface area contributed by atoms with Gasteiger partial charge >= 0.3 is 6.09 Å². The first kappa shape index (κ1) is 32.6. The molecule has 3 aromatic rings. The van der Waals surface area contributed by atoms with Crippen molar-refractivity contribution in [2.45, 2.75) is 83.1 Å². The van der Waals surface area contributed by atoms with Gasteiger partial charge in [0.05, 0.1) is 38.0 Å². The molecule has 1 saturated heterocycles. The smallest absolute Gasteiger partial charge is 0.407 e. The molecule has 3 aromatic carbocycles. The quantitative estimate of drug-likeness (QED) is 0.318. The second-order valence-electron chi connectivity index (χ2n) is 12.7. The van der Waals surface area contributed by atoms with Gasteiger partial charge in [-0.15, -0.1) is 0 Å². The van der Waals surface area contributed by atoms with Crippen molar-refractivity contribution in [3.05, 3.63) is 107 Å². The average molecular weight is 619 g/mol. The molecule has 0 aromatic heterocycles. The van der Waals surface area contributed by atoms with Crippen LogP contribution in [0.4, 0.5) is 9.18 Å². The van der Waals surface area contributed by atoms with E-state index < -0.39 is 29.9 Å². The van der Waals surface area contributed by atoms with E-state index in [4.69, 9.17) is 18.9 Å². The van der Waals surface area contributed by atoms with E-state index in [0.29, 0.717) is 26.2 Å². The molecular formula is C36H43FN2O6. The standard InChI is InChI=1S/C36H43FN2O6/c1-24(21-42-22-25-10-6-5-7-11-25)44-32-23-43-31(20-30(32)38-35(41)45-36(2,3)4)34(40)39-19-18-26-12-8-9-13-29(26)33(39)27-14-16-28(37)17-15-27/h5-17,24,30-33H,18-23H2,1-4H3,(H,38,41)/t24-,30-,31+,32-,33-/m0/s1. The van der Waals surface area contributed by atoms with Crippen LogP contribution < -0.4 is 5.32 Å². The molecular weight excluding hydrogens is 575 g/mol. The molecule has 240 valence electrons. The number of alkyl carbamates (subject to hydrolysis) is 1. The summed E-state index contributed by atoms with van der Waals surface area (Å²) in [7, 11) is 0. The zero-order valence-corrected chi connectivity index (χ0v) is 26.4. The average Bonchev–Trinajstić information content (AvgIpc) is 3.01. The van der Waals surface area contributed by atoms with Crippen LogP contribution in [0.2, 0.25) is 0 Å².